The van der Waals surface area contributed by atoms with Crippen molar-refractivity contribution in [2.45, 2.75) is 55.2 Å². The molecule has 1 aromatic heterocycles. The lowest BCUT2D eigenvalue weighted by Crippen LogP contribution is -2.43. The number of nitrogens with one attached hydrogen (secondary N) is 1. The molecule has 2 fully saturated rings. The number of carbonyl (C=O) groups excluding carboxylic acids is 3. The van der Waals surface area contributed by atoms with Crippen molar-refractivity contribution in [3.63, 3.8) is 0 Å². The molecule has 1 saturated heterocycles. The molecule has 0 bridgehead atoms. The first kappa shape index (κ1) is 24.5. The van der Waals surface area contributed by atoms with Gasteiger partial charge in [0.15, 0.2) is 5.13 Å². The van der Waals surface area contributed by atoms with Crippen molar-refractivity contribution in [2.75, 3.05) is 25.0 Å². The molecule has 1 aliphatic carbocycles. The smallest absolute Gasteiger partial charge is 0.253 e. The second-order valence-electron chi connectivity index (χ2n) is 8.96. The Balaban J connectivity index is 1.49. The number of hydrogen-bond acceptors (Lipinski definition) is 6. The van der Waals surface area contributed by atoms with Crippen LogP contribution in [0, 0.1) is 19.8 Å². The third-order valence-electron chi connectivity index (χ3n) is 6.33. The largest absolute Gasteiger partial charge is 0.337 e. The van der Waals surface area contributed by atoms with Crippen molar-refractivity contribution >= 4 is 46.0 Å². The summed E-state index contributed by atoms with van der Waals surface area (Å²) in [5.41, 5.74) is 2.81. The highest BCUT2D eigenvalue weighted by Gasteiger charge is 2.30. The zero-order valence-corrected chi connectivity index (χ0v) is 21.4. The van der Waals surface area contributed by atoms with E-state index in [4.69, 9.17) is 0 Å². The van der Waals surface area contributed by atoms with E-state index in [1.54, 1.807) is 22.9 Å². The van der Waals surface area contributed by atoms with Gasteiger partial charge in [0.2, 0.25) is 11.8 Å². The Morgan fingerprint density at radius 2 is 2.00 bits per heavy atom. The van der Waals surface area contributed by atoms with Gasteiger partial charge in [0, 0.05) is 42.1 Å². The number of thiazole rings is 1. The van der Waals surface area contributed by atoms with Crippen molar-refractivity contribution in [1.29, 1.82) is 0 Å². The Kier molecular flexibility index (Phi) is 7.42. The summed E-state index contributed by atoms with van der Waals surface area (Å²) in [5.74, 6) is 0.0668. The lowest BCUT2D eigenvalue weighted by atomic mass is 10.0. The van der Waals surface area contributed by atoms with Crippen LogP contribution in [0.5, 0.6) is 0 Å². The van der Waals surface area contributed by atoms with Gasteiger partial charge >= 0.3 is 0 Å². The molecule has 0 spiro atoms. The fourth-order valence-electron chi connectivity index (χ4n) is 4.05. The third kappa shape index (κ3) is 5.52. The first-order chi connectivity index (χ1) is 16.3. The maximum Gasteiger partial charge on any atom is 0.253 e. The summed E-state index contributed by atoms with van der Waals surface area (Å²) in [7, 11) is 0. The van der Waals surface area contributed by atoms with Crippen LogP contribution in [0.3, 0.4) is 0 Å². The fourth-order valence-corrected chi connectivity index (χ4v) is 6.10. The molecule has 2 aliphatic rings. The van der Waals surface area contributed by atoms with E-state index in [9.17, 15) is 14.4 Å². The van der Waals surface area contributed by atoms with Gasteiger partial charge in [-0.25, -0.2) is 4.98 Å². The van der Waals surface area contributed by atoms with Crippen LogP contribution in [0.4, 0.5) is 5.13 Å². The summed E-state index contributed by atoms with van der Waals surface area (Å²) in [6.45, 7) is 11.3. The van der Waals surface area contributed by atoms with E-state index in [1.165, 1.54) is 17.4 Å². The third-order valence-corrected chi connectivity index (χ3v) is 8.49. The Labute approximate surface area is 208 Å². The average molecular weight is 499 g/mol. The van der Waals surface area contributed by atoms with Crippen molar-refractivity contribution in [3.05, 3.63) is 47.7 Å². The van der Waals surface area contributed by atoms with E-state index < -0.39 is 0 Å². The van der Waals surface area contributed by atoms with Crippen molar-refractivity contribution in [1.82, 2.24) is 14.8 Å². The summed E-state index contributed by atoms with van der Waals surface area (Å²) >= 11 is 3.01. The molecule has 1 N–H and O–H groups in total. The molecule has 9 heteroatoms. The number of aryl methyl sites for hydroxylation is 1. The summed E-state index contributed by atoms with van der Waals surface area (Å²) in [6, 6.07) is 3.82. The fraction of sp³-hybridized carbons (Fsp3) is 0.440. The Hall–Kier alpha value is -2.65. The number of carbonyl (C=O) groups is 3. The highest BCUT2D eigenvalue weighted by atomic mass is 32.2. The number of nitrogens with zero attached hydrogens (tertiary/aromatic N) is 3. The number of amides is 3. The van der Waals surface area contributed by atoms with Crippen LogP contribution in [0.2, 0.25) is 0 Å². The van der Waals surface area contributed by atoms with Gasteiger partial charge in [0.25, 0.3) is 5.91 Å². The molecule has 7 nitrogen and oxygen atoms in total. The highest BCUT2D eigenvalue weighted by molar-refractivity contribution is 8.01. The van der Waals surface area contributed by atoms with Gasteiger partial charge < -0.3 is 15.1 Å². The standard InChI is InChI=1S/C25H30N4O3S2/c1-5-21(30)29-10-6-9-28(14-16(29)3)24(32)19-11-15(2)17(4)20(12-19)33-22-13-26-25(34-22)27-23(31)18-7-8-18/h5,11-13,16,18H,1,6-10,14H2,2-4H3,(H,26,27,31)/t16-/m1/s1. The van der Waals surface area contributed by atoms with Gasteiger partial charge in [-0.3, -0.25) is 14.4 Å². The lowest BCUT2D eigenvalue weighted by molar-refractivity contribution is -0.127. The Bertz CT molecular complexity index is 1130. The zero-order chi connectivity index (χ0) is 24.4. The maximum atomic E-state index is 13.4. The average Bonchev–Trinajstić information content (AvgIpc) is 3.61. The second-order valence-corrected chi connectivity index (χ2v) is 11.3. The van der Waals surface area contributed by atoms with Crippen LogP contribution in [0.15, 0.2) is 40.1 Å². The van der Waals surface area contributed by atoms with E-state index in [-0.39, 0.29) is 29.7 Å². The van der Waals surface area contributed by atoms with Crippen LogP contribution in [0.1, 0.15) is 47.7 Å². The molecule has 2 aromatic rings. The summed E-state index contributed by atoms with van der Waals surface area (Å²) in [5, 5.41) is 3.50. The number of anilines is 1. The van der Waals surface area contributed by atoms with Crippen molar-refractivity contribution in [3.8, 4) is 0 Å². The molecule has 34 heavy (non-hydrogen) atoms. The van der Waals surface area contributed by atoms with Gasteiger partial charge in [0.1, 0.15) is 0 Å². The van der Waals surface area contributed by atoms with E-state index in [0.717, 1.165) is 39.5 Å². The zero-order valence-electron chi connectivity index (χ0n) is 19.8. The van der Waals surface area contributed by atoms with Gasteiger partial charge in [-0.15, -0.1) is 0 Å². The number of rotatable bonds is 6. The second kappa shape index (κ2) is 10.3. The Morgan fingerprint density at radius 3 is 2.71 bits per heavy atom. The first-order valence-corrected chi connectivity index (χ1v) is 13.2. The molecule has 1 aromatic carbocycles. The SMILES string of the molecule is C=CC(=O)N1CCCN(C(=O)c2cc(C)c(C)c(Sc3cnc(NC(=O)C4CC4)s3)c2)C[C@H]1C. The predicted molar refractivity (Wildman–Crippen MR) is 135 cm³/mol. The van der Waals surface area contributed by atoms with Crippen molar-refractivity contribution in [2.24, 2.45) is 5.92 Å². The first-order valence-electron chi connectivity index (χ1n) is 11.5. The molecule has 1 aliphatic heterocycles. The van der Waals surface area contributed by atoms with E-state index in [0.29, 0.717) is 30.3 Å². The van der Waals surface area contributed by atoms with Gasteiger partial charge in [-0.1, -0.05) is 29.7 Å². The minimum Gasteiger partial charge on any atom is -0.337 e. The quantitative estimate of drug-likeness (QED) is 0.593. The molecular weight excluding hydrogens is 468 g/mol. The molecular formula is C25H30N4O3S2. The van der Waals surface area contributed by atoms with Crippen LogP contribution in [-0.2, 0) is 9.59 Å². The van der Waals surface area contributed by atoms with E-state index in [2.05, 4.69) is 23.8 Å². The van der Waals surface area contributed by atoms with Crippen LogP contribution < -0.4 is 5.32 Å². The number of benzene rings is 1. The minimum atomic E-state index is -0.0936. The number of hydrogen-bond donors (Lipinski definition) is 1. The highest BCUT2D eigenvalue weighted by Crippen LogP contribution is 2.38. The van der Waals surface area contributed by atoms with E-state index >= 15 is 0 Å². The molecule has 180 valence electrons. The van der Waals surface area contributed by atoms with Gasteiger partial charge in [-0.2, -0.15) is 0 Å². The Morgan fingerprint density at radius 1 is 1.24 bits per heavy atom. The molecule has 1 saturated carbocycles. The van der Waals surface area contributed by atoms with Crippen LogP contribution in [-0.4, -0.2) is 58.2 Å². The normalized spacial score (nSPS) is 18.4. The summed E-state index contributed by atoms with van der Waals surface area (Å²) in [4.78, 5) is 46.6. The molecule has 2 heterocycles. The van der Waals surface area contributed by atoms with Gasteiger partial charge in [-0.05, 0) is 69.4 Å². The maximum absolute atomic E-state index is 13.4. The summed E-state index contributed by atoms with van der Waals surface area (Å²) in [6.07, 6.45) is 5.75. The van der Waals surface area contributed by atoms with Crippen LogP contribution in [0.25, 0.3) is 0 Å². The van der Waals surface area contributed by atoms with Crippen LogP contribution >= 0.6 is 23.1 Å². The van der Waals surface area contributed by atoms with Gasteiger partial charge in [0.05, 0.1) is 10.4 Å². The van der Waals surface area contributed by atoms with Crippen molar-refractivity contribution < 1.29 is 14.4 Å². The molecule has 3 amide bonds. The monoisotopic (exact) mass is 498 g/mol. The molecule has 0 unspecified atom stereocenters. The topological polar surface area (TPSA) is 82.6 Å². The molecule has 4 rings (SSSR count). The lowest BCUT2D eigenvalue weighted by Gasteiger charge is -2.28. The van der Waals surface area contributed by atoms with E-state index in [1.807, 2.05) is 30.9 Å². The summed E-state index contributed by atoms with van der Waals surface area (Å²) < 4.78 is 0.958. The molecule has 1 atom stereocenters. The number of aromatic nitrogens is 1. The molecule has 0 radical (unpaired) electrons. The minimum absolute atomic E-state index is 0.0219. The predicted octanol–water partition coefficient (Wildman–Crippen LogP) is 4.51.